The molecule has 0 saturated heterocycles. The zero-order chi connectivity index (χ0) is 21.6. The van der Waals surface area contributed by atoms with Gasteiger partial charge < -0.3 is 0 Å². The van der Waals surface area contributed by atoms with Crippen molar-refractivity contribution >= 4 is 23.4 Å². The van der Waals surface area contributed by atoms with E-state index >= 15 is 0 Å². The van der Waals surface area contributed by atoms with Crippen LogP contribution in [-0.2, 0) is 11.2 Å². The van der Waals surface area contributed by atoms with Crippen LogP contribution in [-0.4, -0.2) is 21.6 Å². The Morgan fingerprint density at radius 3 is 2.16 bits per heavy atom. The molecule has 4 rings (SSSR count). The zero-order valence-electron chi connectivity index (χ0n) is 16.5. The molecule has 0 unspecified atom stereocenters. The van der Waals surface area contributed by atoms with E-state index in [1.807, 2.05) is 60.7 Å². The molecular formula is C24H19ClN4O2. The minimum Gasteiger partial charge on any atom is -0.273 e. The summed E-state index contributed by atoms with van der Waals surface area (Å²) in [5, 5.41) is 5.20. The van der Waals surface area contributed by atoms with E-state index in [1.165, 1.54) is 0 Å². The largest absolute Gasteiger partial charge is 0.273 e. The molecule has 0 fully saturated rings. The summed E-state index contributed by atoms with van der Waals surface area (Å²) < 4.78 is 1.65. The molecule has 3 aromatic carbocycles. The predicted octanol–water partition coefficient (Wildman–Crippen LogP) is 4.20. The highest BCUT2D eigenvalue weighted by atomic mass is 35.5. The van der Waals surface area contributed by atoms with Crippen LogP contribution in [0.3, 0.4) is 0 Å². The number of rotatable bonds is 5. The predicted molar refractivity (Wildman–Crippen MR) is 120 cm³/mol. The van der Waals surface area contributed by atoms with E-state index in [4.69, 9.17) is 11.6 Å². The number of hydrazine groups is 1. The van der Waals surface area contributed by atoms with E-state index in [-0.39, 0.29) is 12.3 Å². The molecule has 1 aromatic heterocycles. The van der Waals surface area contributed by atoms with Gasteiger partial charge in [0.15, 0.2) is 0 Å². The molecule has 0 aliphatic carbocycles. The Hall–Kier alpha value is -3.90. The van der Waals surface area contributed by atoms with Gasteiger partial charge in [-0.3, -0.25) is 20.4 Å². The number of nitrogens with one attached hydrogen (secondary N) is 2. The lowest BCUT2D eigenvalue weighted by Gasteiger charge is -2.08. The third kappa shape index (κ3) is 4.99. The summed E-state index contributed by atoms with van der Waals surface area (Å²) >= 11 is 5.86. The standard InChI is InChI=1S/C24H19ClN4O2/c25-19-13-11-17(12-14-19)15-22(30)26-27-24(31)21-16-29(20-9-5-2-6-10-20)28-23(21)18-7-3-1-4-8-18/h1-14,16H,15H2,(H,26,30)(H,27,31). The number of carbonyl (C=O) groups excluding carboxylic acids is 2. The Morgan fingerprint density at radius 1 is 0.839 bits per heavy atom. The second kappa shape index (κ2) is 9.28. The fraction of sp³-hybridized carbons (Fsp3) is 0.0417. The molecule has 31 heavy (non-hydrogen) atoms. The Morgan fingerprint density at radius 2 is 1.48 bits per heavy atom. The number of nitrogens with zero attached hydrogens (tertiary/aromatic N) is 2. The van der Waals surface area contributed by atoms with Gasteiger partial charge in [0, 0.05) is 16.8 Å². The minimum atomic E-state index is -0.453. The van der Waals surface area contributed by atoms with E-state index in [0.717, 1.165) is 16.8 Å². The summed E-state index contributed by atoms with van der Waals surface area (Å²) in [6.45, 7) is 0. The van der Waals surface area contributed by atoms with Crippen molar-refractivity contribution in [2.24, 2.45) is 0 Å². The summed E-state index contributed by atoms with van der Waals surface area (Å²) in [6.07, 6.45) is 1.77. The van der Waals surface area contributed by atoms with Crippen LogP contribution in [0, 0.1) is 0 Å². The maximum atomic E-state index is 12.9. The van der Waals surface area contributed by atoms with Gasteiger partial charge in [-0.25, -0.2) is 4.68 Å². The molecule has 7 heteroatoms. The molecule has 2 N–H and O–H groups in total. The third-order valence-electron chi connectivity index (χ3n) is 4.62. The van der Waals surface area contributed by atoms with E-state index in [9.17, 15) is 9.59 Å². The van der Waals surface area contributed by atoms with Crippen LogP contribution in [0.2, 0.25) is 5.02 Å². The smallest absolute Gasteiger partial charge is 0.273 e. The van der Waals surface area contributed by atoms with Crippen molar-refractivity contribution in [3.05, 3.63) is 107 Å². The lowest BCUT2D eigenvalue weighted by Crippen LogP contribution is -2.42. The first-order chi connectivity index (χ1) is 15.1. The maximum absolute atomic E-state index is 12.9. The van der Waals surface area contributed by atoms with Gasteiger partial charge in [0.25, 0.3) is 5.91 Å². The number of benzene rings is 3. The quantitative estimate of drug-likeness (QED) is 0.466. The van der Waals surface area contributed by atoms with Crippen LogP contribution in [0.5, 0.6) is 0 Å². The summed E-state index contributed by atoms with van der Waals surface area (Å²) in [6, 6.07) is 25.9. The molecule has 0 bridgehead atoms. The van der Waals surface area contributed by atoms with Crippen LogP contribution in [0.1, 0.15) is 15.9 Å². The zero-order valence-corrected chi connectivity index (χ0v) is 17.2. The Labute approximate surface area is 184 Å². The van der Waals surface area contributed by atoms with E-state index in [1.54, 1.807) is 35.1 Å². The van der Waals surface area contributed by atoms with E-state index in [0.29, 0.717) is 16.3 Å². The van der Waals surface area contributed by atoms with Crippen molar-refractivity contribution in [2.75, 3.05) is 0 Å². The molecule has 0 spiro atoms. The molecule has 6 nitrogen and oxygen atoms in total. The summed E-state index contributed by atoms with van der Waals surface area (Å²) in [7, 11) is 0. The molecule has 2 amide bonds. The van der Waals surface area contributed by atoms with E-state index < -0.39 is 5.91 Å². The van der Waals surface area contributed by atoms with Crippen LogP contribution in [0.15, 0.2) is 91.1 Å². The SMILES string of the molecule is O=C(Cc1ccc(Cl)cc1)NNC(=O)c1cn(-c2ccccc2)nc1-c1ccccc1. The van der Waals surface area contributed by atoms with Gasteiger partial charge in [0.1, 0.15) is 5.69 Å². The molecule has 154 valence electrons. The lowest BCUT2D eigenvalue weighted by molar-refractivity contribution is -0.121. The number of para-hydroxylation sites is 1. The Kier molecular flexibility index (Phi) is 6.10. The van der Waals surface area contributed by atoms with Crippen molar-refractivity contribution in [2.45, 2.75) is 6.42 Å². The van der Waals surface area contributed by atoms with E-state index in [2.05, 4.69) is 16.0 Å². The second-order valence-corrected chi connectivity index (χ2v) is 7.28. The van der Waals surface area contributed by atoms with Crippen molar-refractivity contribution in [3.63, 3.8) is 0 Å². The molecule has 4 aromatic rings. The third-order valence-corrected chi connectivity index (χ3v) is 4.87. The average Bonchev–Trinajstić information content (AvgIpc) is 3.26. The summed E-state index contributed by atoms with van der Waals surface area (Å²) in [4.78, 5) is 25.1. The molecular weight excluding hydrogens is 412 g/mol. The Balaban J connectivity index is 1.53. The van der Waals surface area contributed by atoms with Crippen molar-refractivity contribution in [1.29, 1.82) is 0 Å². The maximum Gasteiger partial charge on any atom is 0.273 e. The van der Waals surface area contributed by atoms with Gasteiger partial charge >= 0.3 is 0 Å². The highest BCUT2D eigenvalue weighted by Gasteiger charge is 2.19. The first-order valence-electron chi connectivity index (χ1n) is 9.64. The normalized spacial score (nSPS) is 10.5. The van der Waals surface area contributed by atoms with Crippen LogP contribution >= 0.6 is 11.6 Å². The van der Waals surface area contributed by atoms with Gasteiger partial charge in [-0.15, -0.1) is 0 Å². The fourth-order valence-corrected chi connectivity index (χ4v) is 3.21. The summed E-state index contributed by atoms with van der Waals surface area (Å²) in [5.41, 5.74) is 8.24. The number of halogens is 1. The summed E-state index contributed by atoms with van der Waals surface area (Å²) in [5.74, 6) is -0.794. The van der Waals surface area contributed by atoms with Crippen LogP contribution < -0.4 is 10.9 Å². The number of hydrogen-bond acceptors (Lipinski definition) is 3. The highest BCUT2D eigenvalue weighted by molar-refractivity contribution is 6.30. The molecule has 0 saturated carbocycles. The van der Waals surface area contributed by atoms with Crippen LogP contribution in [0.4, 0.5) is 0 Å². The fourth-order valence-electron chi connectivity index (χ4n) is 3.09. The minimum absolute atomic E-state index is 0.117. The molecule has 0 radical (unpaired) electrons. The van der Waals surface area contributed by atoms with Gasteiger partial charge in [0.2, 0.25) is 5.91 Å². The molecule has 0 aliphatic rings. The van der Waals surface area contributed by atoms with Gasteiger partial charge in [0.05, 0.1) is 17.7 Å². The molecule has 0 atom stereocenters. The molecule has 0 aliphatic heterocycles. The van der Waals surface area contributed by atoms with Gasteiger partial charge in [-0.2, -0.15) is 5.10 Å². The van der Waals surface area contributed by atoms with Gasteiger partial charge in [-0.05, 0) is 29.8 Å². The number of amides is 2. The number of carbonyl (C=O) groups is 2. The topological polar surface area (TPSA) is 76.0 Å². The average molecular weight is 431 g/mol. The first kappa shape index (κ1) is 20.4. The Bertz CT molecular complexity index is 1190. The van der Waals surface area contributed by atoms with Crippen molar-refractivity contribution in [1.82, 2.24) is 20.6 Å². The van der Waals surface area contributed by atoms with Gasteiger partial charge in [-0.1, -0.05) is 72.3 Å². The first-order valence-corrected chi connectivity index (χ1v) is 10.0. The second-order valence-electron chi connectivity index (χ2n) is 6.84. The van der Waals surface area contributed by atoms with Crippen LogP contribution in [0.25, 0.3) is 16.9 Å². The monoisotopic (exact) mass is 430 g/mol. The van der Waals surface area contributed by atoms with Crippen molar-refractivity contribution in [3.8, 4) is 16.9 Å². The number of aromatic nitrogens is 2. The number of hydrogen-bond donors (Lipinski definition) is 2. The molecule has 1 heterocycles. The lowest BCUT2D eigenvalue weighted by atomic mass is 10.1. The van der Waals surface area contributed by atoms with Crippen molar-refractivity contribution < 1.29 is 9.59 Å². The highest BCUT2D eigenvalue weighted by Crippen LogP contribution is 2.23.